The summed E-state index contributed by atoms with van der Waals surface area (Å²) < 4.78 is 0. The Bertz CT molecular complexity index is 214. The maximum absolute atomic E-state index is 11.5. The number of hydrogen-bond acceptors (Lipinski definition) is 2. The molecule has 0 aromatic heterocycles. The normalized spacial score (nSPS) is 17.7. The third kappa shape index (κ3) is 6.11. The van der Waals surface area contributed by atoms with Crippen LogP contribution in [0.4, 0.5) is 0 Å². The fourth-order valence-electron chi connectivity index (χ4n) is 2.24. The number of hydrogen-bond donors (Lipinski definition) is 2. The van der Waals surface area contributed by atoms with Gasteiger partial charge in [-0.1, -0.05) is 25.7 Å². The molecule has 0 bridgehead atoms. The van der Waals surface area contributed by atoms with Gasteiger partial charge in [0.2, 0.25) is 5.91 Å². The molecule has 0 radical (unpaired) electrons. The second-order valence-corrected chi connectivity index (χ2v) is 5.78. The molecule has 0 heterocycles. The van der Waals surface area contributed by atoms with Gasteiger partial charge in [0.1, 0.15) is 0 Å². The quantitative estimate of drug-likeness (QED) is 0.729. The molecule has 1 amide bonds. The van der Waals surface area contributed by atoms with E-state index in [2.05, 4.69) is 5.32 Å². The van der Waals surface area contributed by atoms with Crippen LogP contribution in [-0.2, 0) is 4.79 Å². The van der Waals surface area contributed by atoms with Crippen molar-refractivity contribution in [1.82, 2.24) is 5.32 Å². The van der Waals surface area contributed by atoms with Crippen LogP contribution in [0.1, 0.15) is 58.8 Å². The molecule has 0 aromatic rings. The molecule has 1 rings (SSSR count). The van der Waals surface area contributed by atoms with Crippen molar-refractivity contribution in [1.29, 1.82) is 0 Å². The van der Waals surface area contributed by atoms with Gasteiger partial charge in [-0.15, -0.1) is 0 Å². The molecular formula is C13H26N2O. The number of amides is 1. The maximum Gasteiger partial charge on any atom is 0.220 e. The van der Waals surface area contributed by atoms with Gasteiger partial charge >= 0.3 is 0 Å². The van der Waals surface area contributed by atoms with Crippen molar-refractivity contribution in [3.8, 4) is 0 Å². The highest BCUT2D eigenvalue weighted by Gasteiger charge is 2.15. The summed E-state index contributed by atoms with van der Waals surface area (Å²) in [4.78, 5) is 11.5. The second kappa shape index (κ2) is 6.24. The average molecular weight is 226 g/mol. The molecule has 0 aliphatic heterocycles. The lowest BCUT2D eigenvalue weighted by atomic mass is 10.00. The van der Waals surface area contributed by atoms with Crippen molar-refractivity contribution in [2.45, 2.75) is 64.3 Å². The zero-order valence-corrected chi connectivity index (χ0v) is 10.7. The van der Waals surface area contributed by atoms with E-state index in [1.54, 1.807) is 0 Å². The van der Waals surface area contributed by atoms with Crippen molar-refractivity contribution in [3.63, 3.8) is 0 Å². The average Bonchev–Trinajstić information content (AvgIpc) is 2.66. The van der Waals surface area contributed by atoms with E-state index in [1.807, 2.05) is 13.8 Å². The molecule has 0 saturated heterocycles. The first kappa shape index (κ1) is 13.5. The van der Waals surface area contributed by atoms with Crippen molar-refractivity contribution < 1.29 is 4.79 Å². The maximum atomic E-state index is 11.5. The Hall–Kier alpha value is -0.570. The van der Waals surface area contributed by atoms with Gasteiger partial charge < -0.3 is 11.1 Å². The molecule has 0 spiro atoms. The van der Waals surface area contributed by atoms with E-state index in [-0.39, 0.29) is 11.4 Å². The zero-order valence-electron chi connectivity index (χ0n) is 10.7. The van der Waals surface area contributed by atoms with Crippen LogP contribution < -0.4 is 11.1 Å². The Kier molecular flexibility index (Phi) is 5.26. The summed E-state index contributed by atoms with van der Waals surface area (Å²) in [5, 5.41) is 2.99. The predicted molar refractivity (Wildman–Crippen MR) is 67.1 cm³/mol. The Morgan fingerprint density at radius 3 is 2.56 bits per heavy atom. The molecule has 3 heteroatoms. The summed E-state index contributed by atoms with van der Waals surface area (Å²) in [5.41, 5.74) is 5.60. The third-order valence-electron chi connectivity index (χ3n) is 3.35. The van der Waals surface area contributed by atoms with Gasteiger partial charge in [0.05, 0.1) is 0 Å². The van der Waals surface area contributed by atoms with E-state index < -0.39 is 0 Å². The number of nitrogens with two attached hydrogens (primary N) is 1. The van der Waals surface area contributed by atoms with Gasteiger partial charge in [0.15, 0.2) is 0 Å². The van der Waals surface area contributed by atoms with E-state index in [0.717, 1.165) is 25.3 Å². The lowest BCUT2D eigenvalue weighted by molar-refractivity contribution is -0.121. The molecule has 1 aliphatic rings. The Morgan fingerprint density at radius 2 is 2.00 bits per heavy atom. The summed E-state index contributed by atoms with van der Waals surface area (Å²) in [7, 11) is 0. The number of carbonyl (C=O) groups is 1. The van der Waals surface area contributed by atoms with Crippen molar-refractivity contribution >= 4 is 5.91 Å². The third-order valence-corrected chi connectivity index (χ3v) is 3.35. The number of carbonyl (C=O) groups excluding carboxylic acids is 1. The van der Waals surface area contributed by atoms with Gasteiger partial charge in [0, 0.05) is 18.5 Å². The molecule has 1 aliphatic carbocycles. The smallest absolute Gasteiger partial charge is 0.220 e. The molecule has 94 valence electrons. The first-order valence-corrected chi connectivity index (χ1v) is 6.53. The Balaban J connectivity index is 2.01. The van der Waals surface area contributed by atoms with E-state index >= 15 is 0 Å². The molecule has 1 saturated carbocycles. The van der Waals surface area contributed by atoms with E-state index in [9.17, 15) is 4.79 Å². The molecule has 16 heavy (non-hydrogen) atoms. The lowest BCUT2D eigenvalue weighted by Crippen LogP contribution is -2.34. The monoisotopic (exact) mass is 226 g/mol. The molecule has 0 atom stereocenters. The standard InChI is InChI=1S/C13H26N2O/c1-13(2,14)9-7-12(16)15-10-8-11-5-3-4-6-11/h11H,3-10,14H2,1-2H3,(H,15,16). The molecule has 3 N–H and O–H groups in total. The second-order valence-electron chi connectivity index (χ2n) is 5.78. The minimum atomic E-state index is -0.233. The highest BCUT2D eigenvalue weighted by Crippen LogP contribution is 2.26. The van der Waals surface area contributed by atoms with E-state index in [4.69, 9.17) is 5.73 Å². The summed E-state index contributed by atoms with van der Waals surface area (Å²) in [6.07, 6.45) is 7.91. The zero-order chi connectivity index (χ0) is 12.0. The summed E-state index contributed by atoms with van der Waals surface area (Å²) in [6, 6.07) is 0. The van der Waals surface area contributed by atoms with Crippen molar-refractivity contribution in [2.24, 2.45) is 11.7 Å². The first-order chi connectivity index (χ1) is 7.47. The molecule has 3 nitrogen and oxygen atoms in total. The number of rotatable bonds is 6. The SMILES string of the molecule is CC(C)(N)CCC(=O)NCCC1CCCC1. The van der Waals surface area contributed by atoms with Crippen LogP contribution in [0.15, 0.2) is 0 Å². The van der Waals surface area contributed by atoms with Crippen LogP contribution in [0.3, 0.4) is 0 Å². The summed E-state index contributed by atoms with van der Waals surface area (Å²) in [6.45, 7) is 4.76. The molecular weight excluding hydrogens is 200 g/mol. The highest BCUT2D eigenvalue weighted by molar-refractivity contribution is 5.75. The minimum Gasteiger partial charge on any atom is -0.356 e. The van der Waals surface area contributed by atoms with Crippen LogP contribution in [0.25, 0.3) is 0 Å². The van der Waals surface area contributed by atoms with Gasteiger partial charge in [-0.2, -0.15) is 0 Å². The minimum absolute atomic E-state index is 0.150. The molecule has 0 aromatic carbocycles. The topological polar surface area (TPSA) is 55.1 Å². The predicted octanol–water partition coefficient (Wildman–Crippen LogP) is 2.20. The Morgan fingerprint density at radius 1 is 1.38 bits per heavy atom. The number of nitrogens with one attached hydrogen (secondary N) is 1. The highest BCUT2D eigenvalue weighted by atomic mass is 16.1. The molecule has 0 unspecified atom stereocenters. The van der Waals surface area contributed by atoms with E-state index in [1.165, 1.54) is 25.7 Å². The van der Waals surface area contributed by atoms with Gasteiger partial charge in [-0.25, -0.2) is 0 Å². The van der Waals surface area contributed by atoms with Crippen molar-refractivity contribution in [2.75, 3.05) is 6.54 Å². The molecule has 1 fully saturated rings. The van der Waals surface area contributed by atoms with Gasteiger partial charge in [-0.3, -0.25) is 4.79 Å². The van der Waals surface area contributed by atoms with Gasteiger partial charge in [-0.05, 0) is 32.6 Å². The van der Waals surface area contributed by atoms with Crippen LogP contribution in [-0.4, -0.2) is 18.0 Å². The van der Waals surface area contributed by atoms with Crippen LogP contribution in [0.5, 0.6) is 0 Å². The van der Waals surface area contributed by atoms with Crippen LogP contribution in [0.2, 0.25) is 0 Å². The fraction of sp³-hybridized carbons (Fsp3) is 0.923. The van der Waals surface area contributed by atoms with Crippen LogP contribution in [0, 0.1) is 5.92 Å². The van der Waals surface area contributed by atoms with Crippen LogP contribution >= 0.6 is 0 Å². The van der Waals surface area contributed by atoms with Gasteiger partial charge in [0.25, 0.3) is 0 Å². The lowest BCUT2D eigenvalue weighted by Gasteiger charge is -2.17. The van der Waals surface area contributed by atoms with Crippen molar-refractivity contribution in [3.05, 3.63) is 0 Å². The largest absolute Gasteiger partial charge is 0.356 e. The first-order valence-electron chi connectivity index (χ1n) is 6.53. The fourth-order valence-corrected chi connectivity index (χ4v) is 2.24. The summed E-state index contributed by atoms with van der Waals surface area (Å²) >= 11 is 0. The Labute approximate surface area is 99.2 Å². The summed E-state index contributed by atoms with van der Waals surface area (Å²) in [5.74, 6) is 1.00. The van der Waals surface area contributed by atoms with E-state index in [0.29, 0.717) is 6.42 Å².